The number of nitrogens with zero attached hydrogens (tertiary/aromatic N) is 1. The second-order valence-corrected chi connectivity index (χ2v) is 6.07. The molecule has 0 spiro atoms. The van der Waals surface area contributed by atoms with Gasteiger partial charge in [0.25, 0.3) is 5.91 Å². The van der Waals surface area contributed by atoms with E-state index in [4.69, 9.17) is 4.42 Å². The first kappa shape index (κ1) is 14.0. The molecule has 5 heteroatoms. The Labute approximate surface area is 140 Å². The van der Waals surface area contributed by atoms with Crippen LogP contribution in [0.3, 0.4) is 0 Å². The van der Waals surface area contributed by atoms with Crippen LogP contribution in [-0.2, 0) is 0 Å². The van der Waals surface area contributed by atoms with E-state index >= 15 is 0 Å². The highest BCUT2D eigenvalue weighted by Crippen LogP contribution is 2.24. The van der Waals surface area contributed by atoms with Gasteiger partial charge in [0.2, 0.25) is 0 Å². The number of anilines is 1. The van der Waals surface area contributed by atoms with Crippen molar-refractivity contribution in [2.24, 2.45) is 0 Å². The van der Waals surface area contributed by atoms with Crippen LogP contribution in [0, 0.1) is 0 Å². The molecule has 1 N–H and O–H groups in total. The molecule has 4 nitrogen and oxygen atoms in total. The van der Waals surface area contributed by atoms with E-state index in [-0.39, 0.29) is 11.7 Å². The van der Waals surface area contributed by atoms with Crippen LogP contribution in [0.2, 0.25) is 0 Å². The van der Waals surface area contributed by atoms with Crippen molar-refractivity contribution in [1.29, 1.82) is 0 Å². The van der Waals surface area contributed by atoms with Crippen LogP contribution in [0.5, 0.6) is 0 Å². The molecule has 0 bridgehead atoms. The van der Waals surface area contributed by atoms with Crippen LogP contribution >= 0.6 is 15.9 Å². The van der Waals surface area contributed by atoms with Crippen LogP contribution in [0.25, 0.3) is 21.9 Å². The van der Waals surface area contributed by atoms with Crippen LogP contribution in [0.4, 0.5) is 5.69 Å². The van der Waals surface area contributed by atoms with E-state index in [0.717, 1.165) is 20.8 Å². The number of rotatable bonds is 2. The van der Waals surface area contributed by atoms with E-state index < -0.39 is 0 Å². The van der Waals surface area contributed by atoms with Crippen molar-refractivity contribution in [1.82, 2.24) is 4.98 Å². The molecule has 2 aromatic carbocycles. The van der Waals surface area contributed by atoms with Gasteiger partial charge in [-0.25, -0.2) is 0 Å². The van der Waals surface area contributed by atoms with Gasteiger partial charge in [-0.05, 0) is 48.5 Å². The lowest BCUT2D eigenvalue weighted by molar-refractivity contribution is 0.0998. The van der Waals surface area contributed by atoms with E-state index in [1.807, 2.05) is 48.5 Å². The highest BCUT2D eigenvalue weighted by Gasteiger charge is 2.13. The van der Waals surface area contributed by atoms with Gasteiger partial charge in [0.05, 0.1) is 5.52 Å². The largest absolute Gasteiger partial charge is 0.451 e. The summed E-state index contributed by atoms with van der Waals surface area (Å²) in [5, 5.41) is 4.71. The van der Waals surface area contributed by atoms with Crippen LogP contribution in [0.1, 0.15) is 10.6 Å². The fraction of sp³-hybridized carbons (Fsp3) is 0. The molecule has 0 aliphatic rings. The summed E-state index contributed by atoms with van der Waals surface area (Å²) < 4.78 is 6.54. The minimum atomic E-state index is -0.277. The van der Waals surface area contributed by atoms with Crippen molar-refractivity contribution >= 4 is 49.4 Å². The molecule has 4 aromatic rings. The molecule has 2 aromatic heterocycles. The van der Waals surface area contributed by atoms with Gasteiger partial charge in [0.15, 0.2) is 5.76 Å². The Balaban J connectivity index is 1.64. The molecule has 0 radical (unpaired) electrons. The number of hydrogen-bond donors (Lipinski definition) is 1. The molecule has 0 saturated carbocycles. The lowest BCUT2D eigenvalue weighted by atomic mass is 10.2. The molecule has 0 aliphatic carbocycles. The quantitative estimate of drug-likeness (QED) is 0.543. The van der Waals surface area contributed by atoms with Crippen molar-refractivity contribution in [3.8, 4) is 0 Å². The fourth-order valence-electron chi connectivity index (χ4n) is 2.47. The number of nitrogens with one attached hydrogen (secondary N) is 1. The first-order valence-corrected chi connectivity index (χ1v) is 7.83. The third-order valence-corrected chi connectivity index (χ3v) is 4.06. The van der Waals surface area contributed by atoms with E-state index in [1.54, 1.807) is 12.3 Å². The van der Waals surface area contributed by atoms with Gasteiger partial charge in [-0.2, -0.15) is 0 Å². The maximum atomic E-state index is 12.4. The maximum absolute atomic E-state index is 12.4. The Hall–Kier alpha value is -2.66. The normalized spacial score (nSPS) is 11.0. The molecule has 0 aliphatic heterocycles. The topological polar surface area (TPSA) is 55.1 Å². The molecule has 1 amide bonds. The van der Waals surface area contributed by atoms with Gasteiger partial charge in [-0.1, -0.05) is 22.0 Å². The van der Waals surface area contributed by atoms with Crippen LogP contribution in [0.15, 0.2) is 69.7 Å². The Morgan fingerprint density at radius 3 is 2.87 bits per heavy atom. The van der Waals surface area contributed by atoms with Gasteiger partial charge in [0.1, 0.15) is 5.58 Å². The van der Waals surface area contributed by atoms with Crippen molar-refractivity contribution in [2.45, 2.75) is 0 Å². The Morgan fingerprint density at radius 2 is 1.96 bits per heavy atom. The monoisotopic (exact) mass is 366 g/mol. The Morgan fingerprint density at radius 1 is 1.04 bits per heavy atom. The first-order valence-electron chi connectivity index (χ1n) is 7.04. The molecule has 2 heterocycles. The third-order valence-electron chi connectivity index (χ3n) is 3.56. The molecule has 112 valence electrons. The number of carbonyl (C=O) groups is 1. The highest BCUT2D eigenvalue weighted by molar-refractivity contribution is 9.10. The lowest BCUT2D eigenvalue weighted by Gasteiger charge is -2.04. The predicted octanol–water partition coefficient (Wildman–Crippen LogP) is 5.00. The minimum absolute atomic E-state index is 0.277. The summed E-state index contributed by atoms with van der Waals surface area (Å²) in [5.74, 6) is 0.00458. The third kappa shape index (κ3) is 2.71. The second-order valence-electron chi connectivity index (χ2n) is 5.16. The Bertz CT molecular complexity index is 1040. The molecular weight excluding hydrogens is 356 g/mol. The SMILES string of the molecule is O=C(Nc1ccc2ncccc2c1)c1cc2cc(Br)ccc2o1. The summed E-state index contributed by atoms with van der Waals surface area (Å²) >= 11 is 3.41. The fourth-order valence-corrected chi connectivity index (χ4v) is 2.85. The average Bonchev–Trinajstić information content (AvgIpc) is 2.98. The summed E-state index contributed by atoms with van der Waals surface area (Å²) in [7, 11) is 0. The van der Waals surface area contributed by atoms with Gasteiger partial charge >= 0.3 is 0 Å². The Kier molecular flexibility index (Phi) is 3.35. The lowest BCUT2D eigenvalue weighted by Crippen LogP contribution is -2.10. The number of furan rings is 1. The molecule has 0 unspecified atom stereocenters. The zero-order chi connectivity index (χ0) is 15.8. The van der Waals surface area contributed by atoms with Gasteiger partial charge in [-0.15, -0.1) is 0 Å². The molecular formula is C18H11BrN2O2. The smallest absolute Gasteiger partial charge is 0.291 e. The number of pyridine rings is 1. The average molecular weight is 367 g/mol. The van der Waals surface area contributed by atoms with Gasteiger partial charge in [0, 0.05) is 27.1 Å². The molecule has 4 rings (SSSR count). The summed E-state index contributed by atoms with van der Waals surface area (Å²) in [4.78, 5) is 16.6. The number of aromatic nitrogens is 1. The number of benzene rings is 2. The summed E-state index contributed by atoms with van der Waals surface area (Å²) in [6.07, 6.45) is 1.74. The summed E-state index contributed by atoms with van der Waals surface area (Å²) in [5.41, 5.74) is 2.28. The zero-order valence-electron chi connectivity index (χ0n) is 11.9. The van der Waals surface area contributed by atoms with E-state index in [1.165, 1.54) is 0 Å². The summed E-state index contributed by atoms with van der Waals surface area (Å²) in [6, 6.07) is 16.8. The number of hydrogen-bond acceptors (Lipinski definition) is 3. The van der Waals surface area contributed by atoms with Gasteiger partial charge < -0.3 is 9.73 Å². The number of carbonyl (C=O) groups excluding carboxylic acids is 1. The van der Waals surface area contributed by atoms with Crippen molar-refractivity contribution in [2.75, 3.05) is 5.32 Å². The molecule has 23 heavy (non-hydrogen) atoms. The van der Waals surface area contributed by atoms with Gasteiger partial charge in [-0.3, -0.25) is 9.78 Å². The maximum Gasteiger partial charge on any atom is 0.291 e. The molecule has 0 atom stereocenters. The minimum Gasteiger partial charge on any atom is -0.451 e. The predicted molar refractivity (Wildman–Crippen MR) is 93.6 cm³/mol. The molecule has 0 fully saturated rings. The van der Waals surface area contributed by atoms with Crippen molar-refractivity contribution in [3.63, 3.8) is 0 Å². The molecule has 0 saturated heterocycles. The second kappa shape index (κ2) is 5.52. The van der Waals surface area contributed by atoms with E-state index in [9.17, 15) is 4.79 Å². The standard InChI is InChI=1S/C18H11BrN2O2/c19-13-3-6-16-12(8-13)10-17(23-16)18(22)21-14-4-5-15-11(9-14)2-1-7-20-15/h1-10H,(H,21,22). The summed E-state index contributed by atoms with van der Waals surface area (Å²) in [6.45, 7) is 0. The van der Waals surface area contributed by atoms with Crippen LogP contribution in [-0.4, -0.2) is 10.9 Å². The van der Waals surface area contributed by atoms with Crippen LogP contribution < -0.4 is 5.32 Å². The number of halogens is 1. The highest BCUT2D eigenvalue weighted by atomic mass is 79.9. The zero-order valence-corrected chi connectivity index (χ0v) is 13.5. The first-order chi connectivity index (χ1) is 11.2. The van der Waals surface area contributed by atoms with E-state index in [0.29, 0.717) is 11.3 Å². The van der Waals surface area contributed by atoms with Crippen molar-refractivity contribution < 1.29 is 9.21 Å². The number of amides is 1. The number of fused-ring (bicyclic) bond motifs is 2. The van der Waals surface area contributed by atoms with Crippen molar-refractivity contribution in [3.05, 3.63) is 71.0 Å². The van der Waals surface area contributed by atoms with E-state index in [2.05, 4.69) is 26.2 Å².